The minimum atomic E-state index is -0.714. The number of nitrogens with one attached hydrogen (secondary N) is 1. The van der Waals surface area contributed by atoms with E-state index in [4.69, 9.17) is 13.9 Å². The third-order valence-electron chi connectivity index (χ3n) is 3.27. The number of amides is 1. The Labute approximate surface area is 142 Å². The molecular formula is C16H16N2O7. The lowest BCUT2D eigenvalue weighted by atomic mass is 10.2. The molecule has 1 amide bonds. The van der Waals surface area contributed by atoms with E-state index in [1.807, 2.05) is 0 Å². The first-order valence-corrected chi connectivity index (χ1v) is 7.18. The van der Waals surface area contributed by atoms with E-state index in [1.165, 1.54) is 31.4 Å². The third-order valence-corrected chi connectivity index (χ3v) is 3.27. The van der Waals surface area contributed by atoms with Gasteiger partial charge in [0, 0.05) is 0 Å². The summed E-state index contributed by atoms with van der Waals surface area (Å²) in [6.07, 6.45) is 0. The van der Waals surface area contributed by atoms with Gasteiger partial charge in [0.25, 0.3) is 11.6 Å². The summed E-state index contributed by atoms with van der Waals surface area (Å²) in [4.78, 5) is 34.2. The van der Waals surface area contributed by atoms with Crippen LogP contribution in [0.25, 0.3) is 0 Å². The zero-order chi connectivity index (χ0) is 18.6. The van der Waals surface area contributed by atoms with E-state index < -0.39 is 23.4 Å². The molecule has 0 bridgehead atoms. The number of nitro benzene ring substituents is 1. The Hall–Kier alpha value is -3.36. The molecule has 0 fully saturated rings. The molecule has 9 nitrogen and oxygen atoms in total. The number of furan rings is 1. The lowest BCUT2D eigenvalue weighted by Crippen LogP contribution is -2.21. The van der Waals surface area contributed by atoms with Gasteiger partial charge < -0.3 is 19.2 Å². The van der Waals surface area contributed by atoms with Gasteiger partial charge >= 0.3 is 5.97 Å². The minimum absolute atomic E-state index is 0.0258. The summed E-state index contributed by atoms with van der Waals surface area (Å²) in [6, 6.07) is 5.48. The normalized spacial score (nSPS) is 10.2. The van der Waals surface area contributed by atoms with Gasteiger partial charge in [0.15, 0.2) is 6.61 Å². The van der Waals surface area contributed by atoms with Gasteiger partial charge in [-0.1, -0.05) is 0 Å². The Morgan fingerprint density at radius 1 is 1.28 bits per heavy atom. The Kier molecular flexibility index (Phi) is 5.38. The summed E-state index contributed by atoms with van der Waals surface area (Å²) in [6.45, 7) is 2.69. The summed E-state index contributed by atoms with van der Waals surface area (Å²) in [5.74, 6) is -0.216. The molecule has 0 aliphatic carbocycles. The number of nitrogens with zero attached hydrogens (tertiary/aromatic N) is 1. The quantitative estimate of drug-likeness (QED) is 0.484. The van der Waals surface area contributed by atoms with Crippen LogP contribution in [-0.4, -0.2) is 30.5 Å². The molecule has 1 aromatic carbocycles. The number of methoxy groups -OCH3 is 1. The number of hydrogen-bond donors (Lipinski definition) is 1. The van der Waals surface area contributed by atoms with Crippen molar-refractivity contribution in [2.75, 3.05) is 19.0 Å². The predicted octanol–water partition coefficient (Wildman–Crippen LogP) is 2.61. The number of anilines is 1. The topological polar surface area (TPSA) is 121 Å². The Morgan fingerprint density at radius 2 is 2.00 bits per heavy atom. The summed E-state index contributed by atoms with van der Waals surface area (Å²) < 4.78 is 15.0. The summed E-state index contributed by atoms with van der Waals surface area (Å²) >= 11 is 0. The molecule has 132 valence electrons. The second kappa shape index (κ2) is 7.47. The molecule has 1 N–H and O–H groups in total. The van der Waals surface area contributed by atoms with Crippen molar-refractivity contribution in [2.45, 2.75) is 13.8 Å². The van der Waals surface area contributed by atoms with Crippen LogP contribution in [0.5, 0.6) is 5.75 Å². The highest BCUT2D eigenvalue weighted by Crippen LogP contribution is 2.28. The summed E-state index contributed by atoms with van der Waals surface area (Å²) in [5, 5.41) is 13.4. The van der Waals surface area contributed by atoms with E-state index >= 15 is 0 Å². The third kappa shape index (κ3) is 4.34. The number of esters is 1. The smallest absolute Gasteiger partial charge is 0.342 e. The zero-order valence-corrected chi connectivity index (χ0v) is 13.8. The van der Waals surface area contributed by atoms with Crippen LogP contribution < -0.4 is 10.1 Å². The second-order valence-electron chi connectivity index (χ2n) is 5.09. The molecule has 0 radical (unpaired) electrons. The molecule has 0 aliphatic rings. The van der Waals surface area contributed by atoms with Crippen LogP contribution >= 0.6 is 0 Å². The highest BCUT2D eigenvalue weighted by Gasteiger charge is 2.19. The van der Waals surface area contributed by atoms with Gasteiger partial charge in [-0.05, 0) is 32.0 Å². The van der Waals surface area contributed by atoms with Crippen LogP contribution in [0.2, 0.25) is 0 Å². The average molecular weight is 348 g/mol. The highest BCUT2D eigenvalue weighted by molar-refractivity contribution is 5.97. The molecule has 2 aromatic rings. The molecule has 0 aliphatic heterocycles. The van der Waals surface area contributed by atoms with Crippen molar-refractivity contribution in [3.63, 3.8) is 0 Å². The molecule has 0 spiro atoms. The standard InChI is InChI=1S/C16H16N2O7/c1-9-6-12(10(2)25-9)16(20)24-8-15(19)17-13-5-4-11(23-3)7-14(13)18(21)22/h4-7H,8H2,1-3H3,(H,17,19). The van der Waals surface area contributed by atoms with E-state index in [-0.39, 0.29) is 22.7 Å². The maximum Gasteiger partial charge on any atom is 0.342 e. The van der Waals surface area contributed by atoms with E-state index in [0.29, 0.717) is 11.5 Å². The molecular weight excluding hydrogens is 332 g/mol. The molecule has 0 saturated carbocycles. The van der Waals surface area contributed by atoms with Gasteiger partial charge in [0.2, 0.25) is 0 Å². The largest absolute Gasteiger partial charge is 0.496 e. The van der Waals surface area contributed by atoms with Gasteiger partial charge in [-0.3, -0.25) is 14.9 Å². The molecule has 2 rings (SSSR count). The van der Waals surface area contributed by atoms with Gasteiger partial charge in [-0.2, -0.15) is 0 Å². The van der Waals surface area contributed by atoms with Crippen LogP contribution in [0.4, 0.5) is 11.4 Å². The highest BCUT2D eigenvalue weighted by atomic mass is 16.6. The fraction of sp³-hybridized carbons (Fsp3) is 0.250. The van der Waals surface area contributed by atoms with E-state index in [9.17, 15) is 19.7 Å². The number of rotatable bonds is 6. The lowest BCUT2D eigenvalue weighted by molar-refractivity contribution is -0.384. The molecule has 1 aromatic heterocycles. The first-order chi connectivity index (χ1) is 11.8. The SMILES string of the molecule is COc1ccc(NC(=O)COC(=O)c2cc(C)oc2C)c([N+](=O)[O-])c1. The molecule has 1 heterocycles. The van der Waals surface area contributed by atoms with Crippen LogP contribution in [0, 0.1) is 24.0 Å². The van der Waals surface area contributed by atoms with Crippen LogP contribution in [0.1, 0.15) is 21.9 Å². The van der Waals surface area contributed by atoms with Gasteiger partial charge in [0.1, 0.15) is 28.5 Å². The Morgan fingerprint density at radius 3 is 2.56 bits per heavy atom. The first kappa shape index (κ1) is 18.0. The van der Waals surface area contributed by atoms with Crippen molar-refractivity contribution in [2.24, 2.45) is 0 Å². The van der Waals surface area contributed by atoms with E-state index in [2.05, 4.69) is 5.32 Å². The lowest BCUT2D eigenvalue weighted by Gasteiger charge is -2.08. The van der Waals surface area contributed by atoms with Crippen LogP contribution in [0.15, 0.2) is 28.7 Å². The van der Waals surface area contributed by atoms with Crippen molar-refractivity contribution < 1.29 is 28.4 Å². The van der Waals surface area contributed by atoms with E-state index in [1.54, 1.807) is 13.8 Å². The summed E-state index contributed by atoms with van der Waals surface area (Å²) in [5.41, 5.74) is -0.136. The predicted molar refractivity (Wildman–Crippen MR) is 86.7 cm³/mol. The fourth-order valence-electron chi connectivity index (χ4n) is 2.12. The monoisotopic (exact) mass is 348 g/mol. The molecule has 0 saturated heterocycles. The number of carbonyl (C=O) groups excluding carboxylic acids is 2. The van der Waals surface area contributed by atoms with Crippen molar-refractivity contribution >= 4 is 23.3 Å². The van der Waals surface area contributed by atoms with Crippen molar-refractivity contribution in [1.82, 2.24) is 0 Å². The number of aryl methyl sites for hydroxylation is 2. The van der Waals surface area contributed by atoms with Gasteiger partial charge in [-0.25, -0.2) is 4.79 Å². The Bertz CT molecular complexity index is 826. The van der Waals surface area contributed by atoms with Gasteiger partial charge in [0.05, 0.1) is 18.1 Å². The molecule has 0 unspecified atom stereocenters. The van der Waals surface area contributed by atoms with Gasteiger partial charge in [-0.15, -0.1) is 0 Å². The maximum absolute atomic E-state index is 11.9. The van der Waals surface area contributed by atoms with E-state index in [0.717, 1.165) is 0 Å². The maximum atomic E-state index is 11.9. The number of ether oxygens (including phenoxy) is 2. The van der Waals surface area contributed by atoms with Crippen molar-refractivity contribution in [1.29, 1.82) is 0 Å². The average Bonchev–Trinajstić information content (AvgIpc) is 2.91. The Balaban J connectivity index is 2.02. The number of carbonyl (C=O) groups is 2. The number of nitro groups is 1. The van der Waals surface area contributed by atoms with Crippen LogP contribution in [-0.2, 0) is 9.53 Å². The second-order valence-corrected chi connectivity index (χ2v) is 5.09. The number of hydrogen-bond acceptors (Lipinski definition) is 7. The van der Waals surface area contributed by atoms with Crippen LogP contribution in [0.3, 0.4) is 0 Å². The van der Waals surface area contributed by atoms with Crippen molar-refractivity contribution in [3.8, 4) is 5.75 Å². The minimum Gasteiger partial charge on any atom is -0.496 e. The molecule has 9 heteroatoms. The summed E-state index contributed by atoms with van der Waals surface area (Å²) in [7, 11) is 1.37. The first-order valence-electron chi connectivity index (χ1n) is 7.18. The van der Waals surface area contributed by atoms with Crippen molar-refractivity contribution in [3.05, 3.63) is 51.5 Å². The number of benzene rings is 1. The fourth-order valence-corrected chi connectivity index (χ4v) is 2.12. The molecule has 0 atom stereocenters. The zero-order valence-electron chi connectivity index (χ0n) is 13.8. The molecule has 25 heavy (non-hydrogen) atoms.